The minimum Gasteiger partial charge on any atom is -0.507 e. The van der Waals surface area contributed by atoms with Crippen molar-refractivity contribution in [3.05, 3.63) is 53.6 Å². The minimum atomic E-state index is -1.30. The van der Waals surface area contributed by atoms with Crippen LogP contribution in [0.4, 0.5) is 5.69 Å². The minimum absolute atomic E-state index is 0.231. The molecule has 3 N–H and O–H groups in total. The molecular formula is C16H13NO6. The van der Waals surface area contributed by atoms with Crippen LogP contribution in [0.15, 0.2) is 42.5 Å². The Bertz CT molecular complexity index is 767. The molecule has 0 aliphatic heterocycles. The number of carboxylic acid groups (broad SMARTS) is 1. The van der Waals surface area contributed by atoms with Gasteiger partial charge in [0, 0.05) is 18.2 Å². The van der Waals surface area contributed by atoms with Crippen LogP contribution in [0.5, 0.6) is 11.5 Å². The van der Waals surface area contributed by atoms with E-state index in [9.17, 15) is 19.5 Å². The second-order valence-corrected chi connectivity index (χ2v) is 4.61. The monoisotopic (exact) mass is 315 g/mol. The number of aromatic carboxylic acids is 1. The SMILES string of the molecule is CC(=O)Oc1ccc(C(=O)Nc2ccc(O)c(C(=O)O)c2)cc1. The molecule has 0 saturated heterocycles. The van der Waals surface area contributed by atoms with Crippen LogP contribution in [0.25, 0.3) is 0 Å². The fourth-order valence-electron chi connectivity index (χ4n) is 1.83. The van der Waals surface area contributed by atoms with Crippen molar-refractivity contribution in [1.29, 1.82) is 0 Å². The molecule has 7 nitrogen and oxygen atoms in total. The van der Waals surface area contributed by atoms with Gasteiger partial charge in [0.1, 0.15) is 17.1 Å². The average Bonchev–Trinajstić information content (AvgIpc) is 2.49. The molecule has 0 atom stereocenters. The van der Waals surface area contributed by atoms with Gasteiger partial charge in [0.25, 0.3) is 5.91 Å². The van der Waals surface area contributed by atoms with Crippen molar-refractivity contribution in [3.63, 3.8) is 0 Å². The number of benzene rings is 2. The number of anilines is 1. The molecule has 0 aromatic heterocycles. The van der Waals surface area contributed by atoms with E-state index >= 15 is 0 Å². The number of ether oxygens (including phenoxy) is 1. The smallest absolute Gasteiger partial charge is 0.339 e. The van der Waals surface area contributed by atoms with Crippen LogP contribution in [-0.4, -0.2) is 28.1 Å². The van der Waals surface area contributed by atoms with E-state index in [1.165, 1.54) is 43.3 Å². The van der Waals surface area contributed by atoms with E-state index in [0.29, 0.717) is 11.3 Å². The molecule has 0 heterocycles. The summed E-state index contributed by atoms with van der Waals surface area (Å²) in [6, 6.07) is 9.59. The number of rotatable bonds is 4. The highest BCUT2D eigenvalue weighted by Crippen LogP contribution is 2.22. The zero-order chi connectivity index (χ0) is 17.0. The molecule has 2 aromatic carbocycles. The number of carbonyl (C=O) groups excluding carboxylic acids is 2. The first-order chi connectivity index (χ1) is 10.9. The van der Waals surface area contributed by atoms with Crippen molar-refractivity contribution in [3.8, 4) is 11.5 Å². The molecule has 0 aliphatic carbocycles. The summed E-state index contributed by atoms with van der Waals surface area (Å²) < 4.78 is 4.86. The lowest BCUT2D eigenvalue weighted by molar-refractivity contribution is -0.131. The first-order valence-corrected chi connectivity index (χ1v) is 6.53. The number of nitrogens with one attached hydrogen (secondary N) is 1. The average molecular weight is 315 g/mol. The second kappa shape index (κ2) is 6.61. The predicted molar refractivity (Wildman–Crippen MR) is 80.8 cm³/mol. The molecule has 0 radical (unpaired) electrons. The Morgan fingerprint density at radius 1 is 1.04 bits per heavy atom. The van der Waals surface area contributed by atoms with Gasteiger partial charge in [-0.2, -0.15) is 0 Å². The molecule has 0 unspecified atom stereocenters. The molecule has 7 heteroatoms. The number of hydrogen-bond donors (Lipinski definition) is 3. The first kappa shape index (κ1) is 16.0. The van der Waals surface area contributed by atoms with Crippen molar-refractivity contribution in [2.75, 3.05) is 5.32 Å². The summed E-state index contributed by atoms with van der Waals surface area (Å²) in [6.07, 6.45) is 0. The van der Waals surface area contributed by atoms with Crippen LogP contribution >= 0.6 is 0 Å². The maximum Gasteiger partial charge on any atom is 0.339 e. The zero-order valence-corrected chi connectivity index (χ0v) is 12.1. The molecule has 23 heavy (non-hydrogen) atoms. The fraction of sp³-hybridized carbons (Fsp3) is 0.0625. The molecule has 0 aliphatic rings. The fourth-order valence-corrected chi connectivity index (χ4v) is 1.83. The summed E-state index contributed by atoms with van der Waals surface area (Å²) in [5, 5.41) is 20.9. The van der Waals surface area contributed by atoms with E-state index in [-0.39, 0.29) is 17.0 Å². The van der Waals surface area contributed by atoms with Crippen molar-refractivity contribution < 1.29 is 29.3 Å². The molecule has 0 bridgehead atoms. The number of amides is 1. The molecule has 0 spiro atoms. The van der Waals surface area contributed by atoms with E-state index < -0.39 is 17.8 Å². The van der Waals surface area contributed by atoms with Crippen molar-refractivity contribution >= 4 is 23.5 Å². The summed E-state index contributed by atoms with van der Waals surface area (Å²) in [7, 11) is 0. The second-order valence-electron chi connectivity index (χ2n) is 4.61. The lowest BCUT2D eigenvalue weighted by Crippen LogP contribution is -2.12. The van der Waals surface area contributed by atoms with E-state index in [1.807, 2.05) is 0 Å². The molecular weight excluding hydrogens is 302 g/mol. The van der Waals surface area contributed by atoms with E-state index in [1.54, 1.807) is 0 Å². The topological polar surface area (TPSA) is 113 Å². The number of phenols is 1. The zero-order valence-electron chi connectivity index (χ0n) is 12.1. The number of esters is 1. The summed E-state index contributed by atoms with van der Waals surface area (Å²) >= 11 is 0. The molecule has 2 aromatic rings. The highest BCUT2D eigenvalue weighted by atomic mass is 16.5. The van der Waals surface area contributed by atoms with E-state index in [4.69, 9.17) is 9.84 Å². The van der Waals surface area contributed by atoms with Gasteiger partial charge in [-0.25, -0.2) is 4.79 Å². The van der Waals surface area contributed by atoms with Crippen LogP contribution in [0.2, 0.25) is 0 Å². The highest BCUT2D eigenvalue weighted by molar-refractivity contribution is 6.05. The molecule has 0 fully saturated rings. The van der Waals surface area contributed by atoms with Crippen LogP contribution in [0.1, 0.15) is 27.6 Å². The van der Waals surface area contributed by atoms with Crippen molar-refractivity contribution in [1.82, 2.24) is 0 Å². The standard InChI is InChI=1S/C16H13NO6/c1-9(18)23-12-5-2-10(3-6-12)15(20)17-11-4-7-14(19)13(8-11)16(21)22/h2-8,19H,1H3,(H,17,20)(H,21,22). The Labute approximate surface area is 131 Å². The third-order valence-electron chi connectivity index (χ3n) is 2.86. The van der Waals surface area contributed by atoms with Crippen LogP contribution in [0.3, 0.4) is 0 Å². The van der Waals surface area contributed by atoms with Gasteiger partial charge < -0.3 is 20.3 Å². The summed E-state index contributed by atoms with van der Waals surface area (Å²) in [6.45, 7) is 1.27. The van der Waals surface area contributed by atoms with Gasteiger partial charge in [0.2, 0.25) is 0 Å². The maximum absolute atomic E-state index is 12.1. The first-order valence-electron chi connectivity index (χ1n) is 6.53. The number of carboxylic acids is 1. The van der Waals surface area contributed by atoms with Gasteiger partial charge in [-0.1, -0.05) is 0 Å². The largest absolute Gasteiger partial charge is 0.507 e. The molecule has 1 amide bonds. The van der Waals surface area contributed by atoms with Gasteiger partial charge >= 0.3 is 11.9 Å². The predicted octanol–water partition coefficient (Wildman–Crippen LogP) is 2.27. The van der Waals surface area contributed by atoms with Gasteiger partial charge in [-0.15, -0.1) is 0 Å². The number of carbonyl (C=O) groups is 3. The van der Waals surface area contributed by atoms with Crippen LogP contribution in [-0.2, 0) is 4.79 Å². The number of hydrogen-bond acceptors (Lipinski definition) is 5. The van der Waals surface area contributed by atoms with E-state index in [2.05, 4.69) is 5.32 Å². The van der Waals surface area contributed by atoms with Crippen molar-refractivity contribution in [2.24, 2.45) is 0 Å². The normalized spacial score (nSPS) is 9.96. The summed E-state index contributed by atoms with van der Waals surface area (Å²) in [5.41, 5.74) is 0.216. The molecule has 118 valence electrons. The third kappa shape index (κ3) is 4.07. The van der Waals surface area contributed by atoms with Gasteiger partial charge in [0.15, 0.2) is 0 Å². The lowest BCUT2D eigenvalue weighted by Gasteiger charge is -2.08. The summed E-state index contributed by atoms with van der Waals surface area (Å²) in [4.78, 5) is 33.8. The third-order valence-corrected chi connectivity index (χ3v) is 2.86. The van der Waals surface area contributed by atoms with Gasteiger partial charge in [-0.05, 0) is 42.5 Å². The Kier molecular flexibility index (Phi) is 4.61. The van der Waals surface area contributed by atoms with Crippen LogP contribution in [0, 0.1) is 0 Å². The van der Waals surface area contributed by atoms with Crippen molar-refractivity contribution in [2.45, 2.75) is 6.92 Å². The Balaban J connectivity index is 2.14. The highest BCUT2D eigenvalue weighted by Gasteiger charge is 2.12. The van der Waals surface area contributed by atoms with Crippen LogP contribution < -0.4 is 10.1 Å². The maximum atomic E-state index is 12.1. The van der Waals surface area contributed by atoms with Gasteiger partial charge in [-0.3, -0.25) is 9.59 Å². The lowest BCUT2D eigenvalue weighted by atomic mass is 10.1. The Hall–Kier alpha value is -3.35. The van der Waals surface area contributed by atoms with E-state index in [0.717, 1.165) is 6.07 Å². The summed E-state index contributed by atoms with van der Waals surface area (Å²) in [5.74, 6) is -2.31. The number of aromatic hydroxyl groups is 1. The molecule has 2 rings (SSSR count). The quantitative estimate of drug-likeness (QED) is 0.453. The Morgan fingerprint density at radius 2 is 1.70 bits per heavy atom. The molecule has 0 saturated carbocycles. The van der Waals surface area contributed by atoms with Gasteiger partial charge in [0.05, 0.1) is 0 Å². The Morgan fingerprint density at radius 3 is 2.26 bits per heavy atom.